The zero-order valence-electron chi connectivity index (χ0n) is 11.0. The highest BCUT2D eigenvalue weighted by Gasteiger charge is 2.16. The van der Waals surface area contributed by atoms with Gasteiger partial charge in [-0.2, -0.15) is 0 Å². The second-order valence-electron chi connectivity index (χ2n) is 4.91. The van der Waals surface area contributed by atoms with Crippen LogP contribution in [-0.2, 0) is 6.54 Å². The molecule has 1 aliphatic rings. The highest BCUT2D eigenvalue weighted by Crippen LogP contribution is 2.21. The fraction of sp³-hybridized carbons (Fsp3) is 0.571. The predicted molar refractivity (Wildman–Crippen MR) is 70.5 cm³/mol. The van der Waals surface area contributed by atoms with Crippen LogP contribution in [0.2, 0.25) is 0 Å². The van der Waals surface area contributed by atoms with Crippen molar-refractivity contribution >= 4 is 0 Å². The van der Waals surface area contributed by atoms with Crippen LogP contribution in [0.25, 0.3) is 0 Å². The number of nitrogens with zero attached hydrogens (tertiary/aromatic N) is 1. The maximum atomic E-state index is 5.43. The van der Waals surface area contributed by atoms with Crippen LogP contribution in [0.5, 0.6) is 5.75 Å². The summed E-state index contributed by atoms with van der Waals surface area (Å²) < 4.78 is 5.43. The normalized spacial score (nSPS) is 21.5. The van der Waals surface area contributed by atoms with Gasteiger partial charge in [0.25, 0.3) is 0 Å². The average Bonchev–Trinajstić information content (AvgIpc) is 2.29. The van der Waals surface area contributed by atoms with E-state index in [-0.39, 0.29) is 0 Å². The molecule has 17 heavy (non-hydrogen) atoms. The van der Waals surface area contributed by atoms with Crippen molar-refractivity contribution in [2.75, 3.05) is 26.7 Å². The molecule has 0 bridgehead atoms. The maximum absolute atomic E-state index is 5.43. The molecule has 1 aliphatic heterocycles. The first-order valence-electron chi connectivity index (χ1n) is 6.28. The second-order valence-corrected chi connectivity index (χ2v) is 4.91. The van der Waals surface area contributed by atoms with Gasteiger partial charge in [0.05, 0.1) is 7.11 Å². The van der Waals surface area contributed by atoms with Crippen molar-refractivity contribution in [2.24, 2.45) is 0 Å². The lowest BCUT2D eigenvalue weighted by Crippen LogP contribution is -2.48. The van der Waals surface area contributed by atoms with Crippen molar-refractivity contribution in [1.82, 2.24) is 10.2 Å². The Morgan fingerprint density at radius 2 is 2.29 bits per heavy atom. The van der Waals surface area contributed by atoms with Crippen LogP contribution >= 0.6 is 0 Å². The quantitative estimate of drug-likeness (QED) is 0.863. The number of benzene rings is 1. The molecule has 1 heterocycles. The molecule has 1 N–H and O–H groups in total. The van der Waals surface area contributed by atoms with Crippen LogP contribution in [0.15, 0.2) is 18.2 Å². The lowest BCUT2D eigenvalue weighted by atomic mass is 10.1. The molecule has 3 heteroatoms. The summed E-state index contributed by atoms with van der Waals surface area (Å²) in [5.41, 5.74) is 2.59. The molecule has 94 valence electrons. The fourth-order valence-electron chi connectivity index (χ4n) is 2.43. The molecule has 0 amide bonds. The Balaban J connectivity index is 2.08. The van der Waals surface area contributed by atoms with Gasteiger partial charge in [0, 0.05) is 37.8 Å². The van der Waals surface area contributed by atoms with Gasteiger partial charge in [0.2, 0.25) is 0 Å². The molecule has 0 radical (unpaired) electrons. The minimum absolute atomic E-state index is 0.583. The van der Waals surface area contributed by atoms with E-state index >= 15 is 0 Å². The molecule has 1 aromatic carbocycles. The van der Waals surface area contributed by atoms with E-state index in [1.165, 1.54) is 11.1 Å². The molecule has 1 aromatic rings. The fourth-order valence-corrected chi connectivity index (χ4v) is 2.43. The molecule has 1 atom stereocenters. The first-order chi connectivity index (χ1) is 8.19. The Kier molecular flexibility index (Phi) is 4.02. The van der Waals surface area contributed by atoms with Crippen molar-refractivity contribution in [1.29, 1.82) is 0 Å². The van der Waals surface area contributed by atoms with Crippen molar-refractivity contribution in [3.63, 3.8) is 0 Å². The van der Waals surface area contributed by atoms with E-state index in [1.54, 1.807) is 7.11 Å². The highest BCUT2D eigenvalue weighted by atomic mass is 16.5. The summed E-state index contributed by atoms with van der Waals surface area (Å²) in [5, 5.41) is 3.46. The number of nitrogens with one attached hydrogen (secondary N) is 1. The zero-order valence-corrected chi connectivity index (χ0v) is 11.0. The third kappa shape index (κ3) is 3.20. The van der Waals surface area contributed by atoms with Crippen LogP contribution in [-0.4, -0.2) is 37.7 Å². The molecule has 3 nitrogen and oxygen atoms in total. The summed E-state index contributed by atoms with van der Waals surface area (Å²) in [6.07, 6.45) is 0. The predicted octanol–water partition coefficient (Wildman–Crippen LogP) is 1.80. The SMILES string of the molecule is COc1ccc(C)cc1CN1CCN[C@H](C)C1. The van der Waals surface area contributed by atoms with Crippen molar-refractivity contribution in [2.45, 2.75) is 26.4 Å². The van der Waals surface area contributed by atoms with Gasteiger partial charge in [-0.3, -0.25) is 4.90 Å². The van der Waals surface area contributed by atoms with Gasteiger partial charge in [-0.1, -0.05) is 17.7 Å². The Labute approximate surface area is 104 Å². The van der Waals surface area contributed by atoms with Gasteiger partial charge >= 0.3 is 0 Å². The Morgan fingerprint density at radius 1 is 1.47 bits per heavy atom. The molecular weight excluding hydrogens is 212 g/mol. The average molecular weight is 234 g/mol. The van der Waals surface area contributed by atoms with Gasteiger partial charge in [0.1, 0.15) is 5.75 Å². The smallest absolute Gasteiger partial charge is 0.123 e. The summed E-state index contributed by atoms with van der Waals surface area (Å²) in [7, 11) is 1.74. The van der Waals surface area contributed by atoms with Crippen LogP contribution in [0, 0.1) is 6.92 Å². The molecule has 0 spiro atoms. The zero-order chi connectivity index (χ0) is 12.3. The largest absolute Gasteiger partial charge is 0.496 e. The number of aryl methyl sites for hydroxylation is 1. The second kappa shape index (κ2) is 5.52. The molecule has 1 saturated heterocycles. The van der Waals surface area contributed by atoms with Crippen molar-refractivity contribution < 1.29 is 4.74 Å². The molecule has 1 fully saturated rings. The Morgan fingerprint density at radius 3 is 3.00 bits per heavy atom. The minimum atomic E-state index is 0.583. The first kappa shape index (κ1) is 12.4. The summed E-state index contributed by atoms with van der Waals surface area (Å²) in [6, 6.07) is 6.98. The lowest BCUT2D eigenvalue weighted by molar-refractivity contribution is 0.197. The minimum Gasteiger partial charge on any atom is -0.496 e. The summed E-state index contributed by atoms with van der Waals surface area (Å²) in [6.45, 7) is 8.65. The summed E-state index contributed by atoms with van der Waals surface area (Å²) in [5.74, 6) is 1.00. The Bertz CT molecular complexity index is 378. The summed E-state index contributed by atoms with van der Waals surface area (Å²) >= 11 is 0. The number of methoxy groups -OCH3 is 1. The molecule has 0 saturated carbocycles. The van der Waals surface area contributed by atoms with Crippen LogP contribution < -0.4 is 10.1 Å². The number of hydrogen-bond acceptors (Lipinski definition) is 3. The highest BCUT2D eigenvalue weighted by molar-refractivity contribution is 5.36. The maximum Gasteiger partial charge on any atom is 0.123 e. The van der Waals surface area contributed by atoms with Crippen LogP contribution in [0.3, 0.4) is 0 Å². The van der Waals surface area contributed by atoms with Gasteiger partial charge in [-0.25, -0.2) is 0 Å². The van der Waals surface area contributed by atoms with Gasteiger partial charge in [0.15, 0.2) is 0 Å². The van der Waals surface area contributed by atoms with E-state index in [0.717, 1.165) is 31.9 Å². The monoisotopic (exact) mass is 234 g/mol. The lowest BCUT2D eigenvalue weighted by Gasteiger charge is -2.32. The van der Waals surface area contributed by atoms with Gasteiger partial charge < -0.3 is 10.1 Å². The third-order valence-electron chi connectivity index (χ3n) is 3.28. The van der Waals surface area contributed by atoms with E-state index in [9.17, 15) is 0 Å². The number of piperazine rings is 1. The van der Waals surface area contributed by atoms with Gasteiger partial charge in [-0.05, 0) is 19.9 Å². The molecule has 2 rings (SSSR count). The molecule has 0 aromatic heterocycles. The van der Waals surface area contributed by atoms with Crippen molar-refractivity contribution in [3.05, 3.63) is 29.3 Å². The van der Waals surface area contributed by atoms with E-state index in [0.29, 0.717) is 6.04 Å². The van der Waals surface area contributed by atoms with E-state index in [1.807, 2.05) is 0 Å². The van der Waals surface area contributed by atoms with E-state index in [4.69, 9.17) is 4.74 Å². The number of ether oxygens (including phenoxy) is 1. The summed E-state index contributed by atoms with van der Waals surface area (Å²) in [4.78, 5) is 2.48. The number of hydrogen-bond donors (Lipinski definition) is 1. The van der Waals surface area contributed by atoms with E-state index in [2.05, 4.69) is 42.3 Å². The Hall–Kier alpha value is -1.06. The topological polar surface area (TPSA) is 24.5 Å². The van der Waals surface area contributed by atoms with Crippen molar-refractivity contribution in [3.8, 4) is 5.75 Å². The molecular formula is C14H22N2O. The first-order valence-corrected chi connectivity index (χ1v) is 6.28. The van der Waals surface area contributed by atoms with E-state index < -0.39 is 0 Å². The van der Waals surface area contributed by atoms with Crippen LogP contribution in [0.1, 0.15) is 18.1 Å². The van der Waals surface area contributed by atoms with Crippen LogP contribution in [0.4, 0.5) is 0 Å². The standard InChI is InChI=1S/C14H22N2O/c1-11-4-5-14(17-3)13(8-11)10-16-7-6-15-12(2)9-16/h4-5,8,12,15H,6-7,9-10H2,1-3H3/t12-/m1/s1. The molecule has 0 unspecified atom stereocenters. The molecule has 0 aliphatic carbocycles. The third-order valence-corrected chi connectivity index (χ3v) is 3.28. The van der Waals surface area contributed by atoms with Gasteiger partial charge in [-0.15, -0.1) is 0 Å². The number of rotatable bonds is 3.